The summed E-state index contributed by atoms with van der Waals surface area (Å²) in [5.41, 5.74) is 0.262. The number of hydrogen-bond acceptors (Lipinski definition) is 4. The van der Waals surface area contributed by atoms with Gasteiger partial charge in [-0.2, -0.15) is 13.2 Å². The molecule has 3 rings (SSSR count). The normalized spacial score (nSPS) is 18.3. The number of oxazole rings is 1. The van der Waals surface area contributed by atoms with Crippen LogP contribution in [0, 0.1) is 6.92 Å². The van der Waals surface area contributed by atoms with Crippen molar-refractivity contribution in [2.75, 3.05) is 13.1 Å². The first-order valence-electron chi connectivity index (χ1n) is 8.36. The molecular formula is C18H20F3N3O2. The molecule has 1 aliphatic rings. The zero-order chi connectivity index (χ0) is 18.9. The van der Waals surface area contributed by atoms with Crippen molar-refractivity contribution in [1.29, 1.82) is 0 Å². The minimum atomic E-state index is -4.41. The van der Waals surface area contributed by atoms with Crippen molar-refractivity contribution < 1.29 is 22.4 Å². The maximum atomic E-state index is 12.9. The summed E-state index contributed by atoms with van der Waals surface area (Å²) in [6.07, 6.45) is -3.55. The van der Waals surface area contributed by atoms with Gasteiger partial charge in [-0.05, 0) is 31.5 Å². The second kappa shape index (κ2) is 7.11. The number of aryl methyl sites for hydroxylation is 1. The molecule has 26 heavy (non-hydrogen) atoms. The van der Waals surface area contributed by atoms with Crippen molar-refractivity contribution in [2.45, 2.75) is 39.0 Å². The van der Waals surface area contributed by atoms with Gasteiger partial charge < -0.3 is 9.73 Å². The first-order valence-corrected chi connectivity index (χ1v) is 8.36. The van der Waals surface area contributed by atoms with Crippen LogP contribution in [0.4, 0.5) is 13.2 Å². The van der Waals surface area contributed by atoms with Crippen LogP contribution in [-0.4, -0.2) is 34.9 Å². The van der Waals surface area contributed by atoms with E-state index in [0.29, 0.717) is 30.1 Å². The van der Waals surface area contributed by atoms with E-state index in [1.165, 1.54) is 13.0 Å². The molecule has 0 spiro atoms. The first kappa shape index (κ1) is 18.4. The predicted octanol–water partition coefficient (Wildman–Crippen LogP) is 3.38. The quantitative estimate of drug-likeness (QED) is 0.900. The molecule has 1 aliphatic heterocycles. The fraction of sp³-hybridized carbons (Fsp3) is 0.444. The molecule has 0 radical (unpaired) electrons. The molecule has 1 N–H and O–H groups in total. The van der Waals surface area contributed by atoms with Crippen LogP contribution >= 0.6 is 0 Å². The van der Waals surface area contributed by atoms with Crippen molar-refractivity contribution >= 4 is 5.91 Å². The highest BCUT2D eigenvalue weighted by Gasteiger charge is 2.31. The van der Waals surface area contributed by atoms with Gasteiger partial charge in [-0.3, -0.25) is 9.69 Å². The lowest BCUT2D eigenvalue weighted by Crippen LogP contribution is -2.35. The average molecular weight is 367 g/mol. The van der Waals surface area contributed by atoms with E-state index in [1.807, 2.05) is 0 Å². The molecule has 1 fully saturated rings. The Bertz CT molecular complexity index is 801. The molecule has 1 aromatic carbocycles. The maximum Gasteiger partial charge on any atom is 0.416 e. The molecule has 0 unspecified atom stereocenters. The highest BCUT2D eigenvalue weighted by Crippen LogP contribution is 2.32. The van der Waals surface area contributed by atoms with E-state index >= 15 is 0 Å². The van der Waals surface area contributed by atoms with Crippen LogP contribution in [0.1, 0.15) is 30.4 Å². The lowest BCUT2D eigenvalue weighted by atomic mass is 10.1. The number of likely N-dealkylation sites (tertiary alicyclic amines) is 1. The molecule has 0 aliphatic carbocycles. The van der Waals surface area contributed by atoms with Crippen LogP contribution < -0.4 is 5.32 Å². The number of halogens is 3. The van der Waals surface area contributed by atoms with Crippen LogP contribution in [0.5, 0.6) is 0 Å². The number of rotatable bonds is 4. The molecule has 1 atom stereocenters. The summed E-state index contributed by atoms with van der Waals surface area (Å²) < 4.78 is 44.2. The van der Waals surface area contributed by atoms with Crippen molar-refractivity contribution in [1.82, 2.24) is 15.2 Å². The summed E-state index contributed by atoms with van der Waals surface area (Å²) in [5, 5.41) is 2.89. The van der Waals surface area contributed by atoms with Gasteiger partial charge in [0.15, 0.2) is 0 Å². The third-order valence-electron chi connectivity index (χ3n) is 4.38. The number of nitrogens with one attached hydrogen (secondary N) is 1. The monoisotopic (exact) mass is 367 g/mol. The van der Waals surface area contributed by atoms with E-state index in [2.05, 4.69) is 15.2 Å². The molecule has 2 heterocycles. The van der Waals surface area contributed by atoms with Gasteiger partial charge in [0.05, 0.1) is 11.3 Å². The summed E-state index contributed by atoms with van der Waals surface area (Å²) in [5.74, 6) is 0.711. The average Bonchev–Trinajstić information content (AvgIpc) is 3.14. The Morgan fingerprint density at radius 3 is 2.88 bits per heavy atom. The molecule has 1 saturated heterocycles. The number of carbonyl (C=O) groups is 1. The smallest absolute Gasteiger partial charge is 0.416 e. The largest absolute Gasteiger partial charge is 0.441 e. The van der Waals surface area contributed by atoms with Crippen molar-refractivity contribution in [2.24, 2.45) is 0 Å². The molecule has 5 nitrogen and oxygen atoms in total. The Kier molecular flexibility index (Phi) is 5.04. The number of amides is 1. The summed E-state index contributed by atoms with van der Waals surface area (Å²) in [6.45, 7) is 5.30. The van der Waals surface area contributed by atoms with Gasteiger partial charge in [-0.25, -0.2) is 4.98 Å². The van der Waals surface area contributed by atoms with E-state index in [-0.39, 0.29) is 17.8 Å². The van der Waals surface area contributed by atoms with Crippen LogP contribution in [0.3, 0.4) is 0 Å². The second-order valence-electron chi connectivity index (χ2n) is 6.52. The Labute approximate surface area is 149 Å². The van der Waals surface area contributed by atoms with Crippen molar-refractivity contribution in [3.8, 4) is 11.5 Å². The van der Waals surface area contributed by atoms with Gasteiger partial charge in [0.2, 0.25) is 11.8 Å². The maximum absolute atomic E-state index is 12.9. The number of carbonyl (C=O) groups excluding carboxylic acids is 1. The molecule has 140 valence electrons. The summed E-state index contributed by atoms with van der Waals surface area (Å²) >= 11 is 0. The molecular weight excluding hydrogens is 347 g/mol. The van der Waals surface area contributed by atoms with Gasteiger partial charge in [0.1, 0.15) is 5.76 Å². The topological polar surface area (TPSA) is 58.4 Å². The van der Waals surface area contributed by atoms with E-state index < -0.39 is 11.7 Å². The van der Waals surface area contributed by atoms with Crippen molar-refractivity contribution in [3.05, 3.63) is 41.3 Å². The van der Waals surface area contributed by atoms with E-state index in [0.717, 1.165) is 25.1 Å². The minimum absolute atomic E-state index is 0.0544. The Hall–Kier alpha value is -2.35. The van der Waals surface area contributed by atoms with Gasteiger partial charge >= 0.3 is 6.18 Å². The van der Waals surface area contributed by atoms with Crippen molar-refractivity contribution in [3.63, 3.8) is 0 Å². The number of alkyl halides is 3. The molecule has 2 aromatic rings. The first-order chi connectivity index (χ1) is 12.2. The lowest BCUT2D eigenvalue weighted by molar-refractivity contribution is -0.137. The highest BCUT2D eigenvalue weighted by atomic mass is 19.4. The summed E-state index contributed by atoms with van der Waals surface area (Å²) in [7, 11) is 0. The van der Waals surface area contributed by atoms with Gasteiger partial charge in [0, 0.05) is 38.2 Å². The standard InChI is InChI=1S/C18H20F3N3O2/c1-11-16(10-24-7-6-15(9-24)22-12(2)25)23-17(26-11)13-4-3-5-14(8-13)18(19,20)21/h3-5,8,15H,6-7,9-10H2,1-2H3,(H,22,25)/t15-/m1/s1. The molecule has 1 aromatic heterocycles. The molecule has 0 saturated carbocycles. The second-order valence-corrected chi connectivity index (χ2v) is 6.52. The lowest BCUT2D eigenvalue weighted by Gasteiger charge is -2.15. The Balaban J connectivity index is 1.73. The van der Waals surface area contributed by atoms with Crippen LogP contribution in [0.15, 0.2) is 28.7 Å². The fourth-order valence-electron chi connectivity index (χ4n) is 3.12. The molecule has 1 amide bonds. The third-order valence-corrected chi connectivity index (χ3v) is 4.38. The molecule has 0 bridgehead atoms. The van der Waals surface area contributed by atoms with Crippen LogP contribution in [0.2, 0.25) is 0 Å². The van der Waals surface area contributed by atoms with Gasteiger partial charge in [-0.1, -0.05) is 6.07 Å². The zero-order valence-electron chi connectivity index (χ0n) is 14.6. The van der Waals surface area contributed by atoms with E-state index in [9.17, 15) is 18.0 Å². The van der Waals surface area contributed by atoms with Gasteiger partial charge in [-0.15, -0.1) is 0 Å². The number of aromatic nitrogens is 1. The van der Waals surface area contributed by atoms with E-state index in [4.69, 9.17) is 4.42 Å². The van der Waals surface area contributed by atoms with Crippen LogP contribution in [-0.2, 0) is 17.5 Å². The zero-order valence-corrected chi connectivity index (χ0v) is 14.6. The SMILES string of the molecule is CC(=O)N[C@@H]1CCN(Cc2nc(-c3cccc(C(F)(F)F)c3)oc2C)C1. The molecule has 8 heteroatoms. The summed E-state index contributed by atoms with van der Waals surface area (Å²) in [4.78, 5) is 17.7. The number of benzene rings is 1. The Morgan fingerprint density at radius 1 is 1.42 bits per heavy atom. The highest BCUT2D eigenvalue weighted by molar-refractivity contribution is 5.73. The fourth-order valence-corrected chi connectivity index (χ4v) is 3.12. The van der Waals surface area contributed by atoms with E-state index in [1.54, 1.807) is 13.0 Å². The predicted molar refractivity (Wildman–Crippen MR) is 89.2 cm³/mol. The van der Waals surface area contributed by atoms with Crippen LogP contribution in [0.25, 0.3) is 11.5 Å². The third kappa shape index (κ3) is 4.24. The number of hydrogen-bond donors (Lipinski definition) is 1. The van der Waals surface area contributed by atoms with Gasteiger partial charge in [0.25, 0.3) is 0 Å². The summed E-state index contributed by atoms with van der Waals surface area (Å²) in [6, 6.07) is 5.07. The Morgan fingerprint density at radius 2 is 2.19 bits per heavy atom. The number of nitrogens with zero attached hydrogens (tertiary/aromatic N) is 2. The minimum Gasteiger partial charge on any atom is -0.441 e.